The first kappa shape index (κ1) is 21.8. The molecule has 4 nitrogen and oxygen atoms in total. The fourth-order valence-corrected chi connectivity index (χ4v) is 6.44. The number of halogens is 2. The Kier molecular flexibility index (Phi) is 5.73. The third kappa shape index (κ3) is 3.53. The summed E-state index contributed by atoms with van der Waals surface area (Å²) in [6.45, 7) is 2.67. The smallest absolute Gasteiger partial charge is 0.151 e. The molecule has 1 saturated heterocycles. The number of nitrogens with one attached hydrogen (secondary N) is 2. The quantitative estimate of drug-likeness (QED) is 0.488. The fraction of sp³-hybridized carbons (Fsp3) is 0.423. The average Bonchev–Trinajstić information content (AvgIpc) is 3.14. The topological polar surface area (TPSA) is 54.1 Å². The summed E-state index contributed by atoms with van der Waals surface area (Å²) in [6.07, 6.45) is 2.95. The number of aromatic nitrogens is 1. The van der Waals surface area contributed by atoms with Crippen LogP contribution in [0.5, 0.6) is 5.75 Å². The highest BCUT2D eigenvalue weighted by atomic mass is 35.5. The lowest BCUT2D eigenvalue weighted by Gasteiger charge is -2.51. The molecule has 168 valence electrons. The second-order valence-electron chi connectivity index (χ2n) is 9.25. The number of H-pyrrole nitrogens is 1. The van der Waals surface area contributed by atoms with Crippen LogP contribution in [0.3, 0.4) is 0 Å². The van der Waals surface area contributed by atoms with E-state index in [9.17, 15) is 4.79 Å². The van der Waals surface area contributed by atoms with Gasteiger partial charge in [0.05, 0.1) is 18.2 Å². The largest absolute Gasteiger partial charge is 0.497 e. The first-order chi connectivity index (χ1) is 15.4. The van der Waals surface area contributed by atoms with Crippen LogP contribution in [0, 0.1) is 5.92 Å². The maximum atomic E-state index is 13.3. The average molecular weight is 471 g/mol. The number of piperidine rings is 1. The second kappa shape index (κ2) is 8.40. The number of methoxy groups -OCH3 is 1. The van der Waals surface area contributed by atoms with Gasteiger partial charge in [-0.05, 0) is 74.0 Å². The standard InChI is InChI=1S/C26H28Cl2N2O2/c1-15(27)11-23(31)25-19-13-18-22(30-21-8-4-7-20(28)24(18)21)14-26(19,9-10-29-25)16-5-3-6-17(12-16)32-2/h3-8,12,15,19,25,29-30H,9-11,13-14H2,1-2H3/t15?,19?,25?,26-/m1/s1. The number of rotatable bonds is 5. The van der Waals surface area contributed by atoms with Gasteiger partial charge in [-0.2, -0.15) is 0 Å². The number of ether oxygens (including phenoxy) is 1. The van der Waals surface area contributed by atoms with Gasteiger partial charge in [0, 0.05) is 33.8 Å². The van der Waals surface area contributed by atoms with Gasteiger partial charge in [0.15, 0.2) is 5.78 Å². The molecule has 3 unspecified atom stereocenters. The van der Waals surface area contributed by atoms with Crippen LogP contribution >= 0.6 is 23.2 Å². The van der Waals surface area contributed by atoms with Crippen molar-refractivity contribution >= 4 is 39.9 Å². The van der Waals surface area contributed by atoms with E-state index in [2.05, 4.69) is 34.6 Å². The predicted molar refractivity (Wildman–Crippen MR) is 130 cm³/mol. The minimum absolute atomic E-state index is 0.106. The molecule has 1 aliphatic heterocycles. The van der Waals surface area contributed by atoms with Crippen LogP contribution in [0.25, 0.3) is 10.9 Å². The predicted octanol–water partition coefficient (Wildman–Crippen LogP) is 5.43. The Morgan fingerprint density at radius 3 is 2.88 bits per heavy atom. The van der Waals surface area contributed by atoms with Crippen molar-refractivity contribution in [3.8, 4) is 5.75 Å². The summed E-state index contributed by atoms with van der Waals surface area (Å²) >= 11 is 12.9. The molecule has 0 amide bonds. The van der Waals surface area contributed by atoms with Crippen molar-refractivity contribution in [3.05, 3.63) is 64.3 Å². The molecule has 2 N–H and O–H groups in total. The number of hydrogen-bond acceptors (Lipinski definition) is 3. The van der Waals surface area contributed by atoms with Crippen molar-refractivity contribution in [1.82, 2.24) is 10.3 Å². The fourth-order valence-electron chi connectivity index (χ4n) is 6.00. The van der Waals surface area contributed by atoms with Crippen LogP contribution in [-0.4, -0.2) is 35.8 Å². The van der Waals surface area contributed by atoms with Gasteiger partial charge in [-0.15, -0.1) is 11.6 Å². The van der Waals surface area contributed by atoms with E-state index < -0.39 is 0 Å². The number of carbonyl (C=O) groups is 1. The van der Waals surface area contributed by atoms with Gasteiger partial charge < -0.3 is 15.0 Å². The summed E-state index contributed by atoms with van der Waals surface area (Å²) in [5.41, 5.74) is 4.60. The van der Waals surface area contributed by atoms with Crippen LogP contribution in [0.2, 0.25) is 5.02 Å². The number of fused-ring (bicyclic) bond motifs is 4. The molecule has 2 heterocycles. The Bertz CT molecular complexity index is 1170. The van der Waals surface area contributed by atoms with E-state index >= 15 is 0 Å². The first-order valence-electron chi connectivity index (χ1n) is 11.3. The molecule has 4 atom stereocenters. The minimum atomic E-state index is -0.239. The lowest BCUT2D eigenvalue weighted by atomic mass is 9.56. The summed E-state index contributed by atoms with van der Waals surface area (Å²) in [6, 6.07) is 14.1. The van der Waals surface area contributed by atoms with Crippen molar-refractivity contribution in [2.45, 2.75) is 49.4 Å². The number of benzene rings is 2. The summed E-state index contributed by atoms with van der Waals surface area (Å²) < 4.78 is 5.56. The van der Waals surface area contributed by atoms with Gasteiger partial charge >= 0.3 is 0 Å². The lowest BCUT2D eigenvalue weighted by molar-refractivity contribution is -0.124. The van der Waals surface area contributed by atoms with Crippen LogP contribution in [-0.2, 0) is 23.1 Å². The molecule has 32 heavy (non-hydrogen) atoms. The van der Waals surface area contributed by atoms with Crippen molar-refractivity contribution in [1.29, 1.82) is 0 Å². The number of hydrogen-bond donors (Lipinski definition) is 2. The van der Waals surface area contributed by atoms with E-state index in [1.165, 1.54) is 16.8 Å². The maximum Gasteiger partial charge on any atom is 0.151 e. The third-order valence-electron chi connectivity index (χ3n) is 7.40. The van der Waals surface area contributed by atoms with E-state index in [4.69, 9.17) is 27.9 Å². The molecule has 0 saturated carbocycles. The van der Waals surface area contributed by atoms with Crippen molar-refractivity contribution in [2.75, 3.05) is 13.7 Å². The number of ketones is 1. The molecule has 0 spiro atoms. The number of alkyl halides is 1. The summed E-state index contributed by atoms with van der Waals surface area (Å²) in [5.74, 6) is 1.14. The van der Waals surface area contributed by atoms with Crippen LogP contribution in [0.15, 0.2) is 42.5 Å². The van der Waals surface area contributed by atoms with Crippen LogP contribution in [0.4, 0.5) is 0 Å². The maximum absolute atomic E-state index is 13.3. The Balaban J connectivity index is 1.68. The summed E-state index contributed by atoms with van der Waals surface area (Å²) in [4.78, 5) is 17.0. The molecule has 0 bridgehead atoms. The second-order valence-corrected chi connectivity index (χ2v) is 10.4. The summed E-state index contributed by atoms with van der Waals surface area (Å²) in [5, 5.41) is 5.22. The van der Waals surface area contributed by atoms with E-state index in [-0.39, 0.29) is 28.5 Å². The van der Waals surface area contributed by atoms with Gasteiger partial charge in [-0.3, -0.25) is 4.79 Å². The van der Waals surface area contributed by atoms with Crippen molar-refractivity contribution < 1.29 is 9.53 Å². The number of Topliss-reactive ketones (excluding diaryl/α,β-unsaturated/α-hetero) is 1. The zero-order valence-electron chi connectivity index (χ0n) is 18.4. The number of carbonyl (C=O) groups excluding carboxylic acids is 1. The molecule has 5 rings (SSSR count). The highest BCUT2D eigenvalue weighted by Gasteiger charge is 2.52. The minimum Gasteiger partial charge on any atom is -0.497 e. The SMILES string of the molecule is COc1cccc([C@]23CCNC(C(=O)CC(C)Cl)C2Cc2c([nH]c4cccc(Cl)c24)C3)c1. The van der Waals surface area contributed by atoms with E-state index in [1.54, 1.807) is 7.11 Å². The van der Waals surface area contributed by atoms with Gasteiger partial charge in [-0.1, -0.05) is 29.8 Å². The highest BCUT2D eigenvalue weighted by Crippen LogP contribution is 2.51. The van der Waals surface area contributed by atoms with Crippen molar-refractivity contribution in [3.63, 3.8) is 0 Å². The Morgan fingerprint density at radius 1 is 1.28 bits per heavy atom. The normalized spacial score (nSPS) is 25.8. The zero-order valence-corrected chi connectivity index (χ0v) is 19.9. The zero-order chi connectivity index (χ0) is 22.5. The molecule has 0 radical (unpaired) electrons. The van der Waals surface area contributed by atoms with E-state index in [0.29, 0.717) is 6.42 Å². The Labute approximate surface area is 198 Å². The molecule has 1 aliphatic carbocycles. The first-order valence-corrected chi connectivity index (χ1v) is 12.1. The molecule has 1 fully saturated rings. The van der Waals surface area contributed by atoms with E-state index in [0.717, 1.165) is 47.5 Å². The molecule has 3 aromatic rings. The molecule has 1 aromatic heterocycles. The van der Waals surface area contributed by atoms with Gasteiger partial charge in [-0.25, -0.2) is 0 Å². The molecular formula is C26H28Cl2N2O2. The lowest BCUT2D eigenvalue weighted by Crippen LogP contribution is -2.60. The Morgan fingerprint density at radius 2 is 2.09 bits per heavy atom. The van der Waals surface area contributed by atoms with Crippen molar-refractivity contribution in [2.24, 2.45) is 5.92 Å². The van der Waals surface area contributed by atoms with Gasteiger partial charge in [0.2, 0.25) is 0 Å². The monoisotopic (exact) mass is 470 g/mol. The van der Waals surface area contributed by atoms with Crippen LogP contribution < -0.4 is 10.1 Å². The summed E-state index contributed by atoms with van der Waals surface area (Å²) in [7, 11) is 1.70. The molecular weight excluding hydrogens is 443 g/mol. The Hall–Kier alpha value is -2.01. The van der Waals surface area contributed by atoms with Gasteiger partial charge in [0.1, 0.15) is 5.75 Å². The third-order valence-corrected chi connectivity index (χ3v) is 7.87. The molecule has 2 aromatic carbocycles. The van der Waals surface area contributed by atoms with Crippen LogP contribution in [0.1, 0.15) is 36.6 Å². The van der Waals surface area contributed by atoms with E-state index in [1.807, 2.05) is 25.1 Å². The highest BCUT2D eigenvalue weighted by molar-refractivity contribution is 6.35. The van der Waals surface area contributed by atoms with Gasteiger partial charge in [0.25, 0.3) is 0 Å². The molecule has 2 aliphatic rings. The number of aromatic amines is 1. The molecule has 6 heteroatoms.